The molecule has 2 heterocycles. The number of hydrogen-bond donors (Lipinski definition) is 3. The van der Waals surface area contributed by atoms with Crippen LogP contribution >= 0.6 is 0 Å². The van der Waals surface area contributed by atoms with Crippen LogP contribution in [0.5, 0.6) is 0 Å². The average molecular weight is 718 g/mol. The van der Waals surface area contributed by atoms with Gasteiger partial charge in [0.25, 0.3) is 10.0 Å². The number of carbonyl (C=O) groups is 3. The van der Waals surface area contributed by atoms with Gasteiger partial charge < -0.3 is 11.1 Å². The van der Waals surface area contributed by atoms with Crippen molar-refractivity contribution in [2.75, 3.05) is 13.1 Å². The van der Waals surface area contributed by atoms with Gasteiger partial charge >= 0.3 is 6.18 Å². The fourth-order valence-electron chi connectivity index (χ4n) is 6.20. The summed E-state index contributed by atoms with van der Waals surface area (Å²) in [4.78, 5) is 42.4. The number of amides is 2. The molecule has 50 heavy (non-hydrogen) atoms. The third kappa shape index (κ3) is 8.38. The number of rotatable bonds is 12. The fraction of sp³-hybridized carbons (Fsp3) is 0.429. The number of hydrogen-bond acceptors (Lipinski definition) is 7. The van der Waals surface area contributed by atoms with Crippen molar-refractivity contribution < 1.29 is 40.4 Å². The molecule has 4 N–H and O–H groups in total. The normalized spacial score (nSPS) is 19.6. The quantitative estimate of drug-likeness (QED) is 0.234. The van der Waals surface area contributed by atoms with Gasteiger partial charge in [-0.3, -0.25) is 19.7 Å². The summed E-state index contributed by atoms with van der Waals surface area (Å²) in [5.41, 5.74) is 4.68. The molecule has 2 amide bonds. The van der Waals surface area contributed by atoms with Crippen molar-refractivity contribution in [2.24, 2.45) is 5.73 Å². The van der Waals surface area contributed by atoms with Gasteiger partial charge in [-0.05, 0) is 73.9 Å². The van der Waals surface area contributed by atoms with Crippen LogP contribution in [0.4, 0.5) is 17.6 Å². The maximum atomic E-state index is 14.9. The topological polar surface area (TPSA) is 152 Å². The molecule has 15 heteroatoms. The number of halogens is 4. The largest absolute Gasteiger partial charge is 0.407 e. The van der Waals surface area contributed by atoms with E-state index in [9.17, 15) is 40.4 Å². The van der Waals surface area contributed by atoms with E-state index in [4.69, 9.17) is 5.73 Å². The lowest BCUT2D eigenvalue weighted by atomic mass is 9.92. The van der Waals surface area contributed by atoms with Crippen molar-refractivity contribution in [3.8, 4) is 11.1 Å². The number of nitrogens with zero attached hydrogens (tertiary/aromatic N) is 2. The first-order valence-electron chi connectivity index (χ1n) is 16.2. The molecule has 0 radical (unpaired) electrons. The van der Waals surface area contributed by atoms with Crippen LogP contribution in [0.15, 0.2) is 78.0 Å². The second-order valence-corrected chi connectivity index (χ2v) is 15.3. The highest BCUT2D eigenvalue weighted by molar-refractivity contribution is 7.89. The second-order valence-electron chi connectivity index (χ2n) is 13.4. The molecule has 2 aromatic carbocycles. The summed E-state index contributed by atoms with van der Waals surface area (Å²) in [5, 5.41) is 4.50. The van der Waals surface area contributed by atoms with E-state index < -0.39 is 76.0 Å². The zero-order chi connectivity index (χ0) is 36.5. The SMILES string of the molecule is CC(C)(F)C[C@H](N[C@@H](c1ccc(-c2ccc(C3(C(N)=O)CC3)cc2)cc1)C(F)(F)F)C(=O)NC1CCCN(S(=O)(=O)c2ccccn2)CC1=O. The molecule has 3 aromatic rings. The molecular formula is C35H39F4N5O5S. The number of nitrogens with two attached hydrogens (primary N) is 1. The van der Waals surface area contributed by atoms with Gasteiger partial charge in [-0.2, -0.15) is 17.5 Å². The minimum atomic E-state index is -4.89. The summed E-state index contributed by atoms with van der Waals surface area (Å²) in [5.74, 6) is -2.08. The Morgan fingerprint density at radius 2 is 1.62 bits per heavy atom. The Kier molecular flexibility index (Phi) is 10.5. The Morgan fingerprint density at radius 3 is 2.14 bits per heavy atom. The third-order valence-electron chi connectivity index (χ3n) is 9.12. The number of pyridine rings is 1. The summed E-state index contributed by atoms with van der Waals surface area (Å²) in [6.07, 6.45) is -2.73. The molecule has 268 valence electrons. The summed E-state index contributed by atoms with van der Waals surface area (Å²) in [6.45, 7) is 1.63. The number of benzene rings is 2. The van der Waals surface area contributed by atoms with E-state index in [2.05, 4.69) is 15.6 Å². The molecule has 1 unspecified atom stereocenters. The number of Topliss-reactive ketones (excluding diaryl/α,β-unsaturated/α-hetero) is 1. The Morgan fingerprint density at radius 1 is 1.00 bits per heavy atom. The van der Waals surface area contributed by atoms with E-state index in [0.29, 0.717) is 24.0 Å². The van der Waals surface area contributed by atoms with Crippen molar-refractivity contribution in [3.05, 3.63) is 84.1 Å². The minimum absolute atomic E-state index is 0.0270. The van der Waals surface area contributed by atoms with Gasteiger partial charge in [0.15, 0.2) is 10.8 Å². The molecule has 2 aliphatic rings. The Balaban J connectivity index is 1.31. The highest BCUT2D eigenvalue weighted by Gasteiger charge is 2.50. The first-order valence-corrected chi connectivity index (χ1v) is 17.6. The Hall–Kier alpha value is -4.21. The van der Waals surface area contributed by atoms with Crippen LogP contribution in [0, 0.1) is 0 Å². The maximum Gasteiger partial charge on any atom is 0.407 e. The number of ketones is 1. The van der Waals surface area contributed by atoms with E-state index in [1.807, 2.05) is 0 Å². The predicted molar refractivity (Wildman–Crippen MR) is 177 cm³/mol. The zero-order valence-corrected chi connectivity index (χ0v) is 28.4. The van der Waals surface area contributed by atoms with Crippen molar-refractivity contribution in [1.29, 1.82) is 0 Å². The van der Waals surface area contributed by atoms with Gasteiger partial charge in [0.1, 0.15) is 11.7 Å². The zero-order valence-electron chi connectivity index (χ0n) is 27.5. The molecule has 0 spiro atoms. The summed E-state index contributed by atoms with van der Waals surface area (Å²) < 4.78 is 85.6. The summed E-state index contributed by atoms with van der Waals surface area (Å²) in [7, 11) is -4.12. The predicted octanol–water partition coefficient (Wildman–Crippen LogP) is 4.50. The van der Waals surface area contributed by atoms with E-state index in [0.717, 1.165) is 23.7 Å². The monoisotopic (exact) mass is 717 g/mol. The van der Waals surface area contributed by atoms with Crippen molar-refractivity contribution in [1.82, 2.24) is 19.9 Å². The number of nitrogens with one attached hydrogen (secondary N) is 2. The maximum absolute atomic E-state index is 14.9. The molecule has 1 aliphatic heterocycles. The smallest absolute Gasteiger partial charge is 0.369 e. The number of sulfonamides is 1. The lowest BCUT2D eigenvalue weighted by Gasteiger charge is -2.31. The van der Waals surface area contributed by atoms with Crippen LogP contribution in [0.2, 0.25) is 0 Å². The van der Waals surface area contributed by atoms with Crippen LogP contribution in [0.3, 0.4) is 0 Å². The Labute approximate surface area is 287 Å². The van der Waals surface area contributed by atoms with Crippen LogP contribution in [0.25, 0.3) is 11.1 Å². The third-order valence-corrected chi connectivity index (χ3v) is 10.9. The van der Waals surface area contributed by atoms with Crippen molar-refractivity contribution >= 4 is 27.6 Å². The fourth-order valence-corrected chi connectivity index (χ4v) is 7.58. The van der Waals surface area contributed by atoms with Gasteiger partial charge in [0, 0.05) is 19.2 Å². The van der Waals surface area contributed by atoms with E-state index >= 15 is 0 Å². The average Bonchev–Trinajstić information content (AvgIpc) is 3.89. The number of alkyl halides is 4. The lowest BCUT2D eigenvalue weighted by Crippen LogP contribution is -2.54. The van der Waals surface area contributed by atoms with E-state index in [1.54, 1.807) is 24.3 Å². The van der Waals surface area contributed by atoms with Gasteiger partial charge in [-0.15, -0.1) is 0 Å². The number of aromatic nitrogens is 1. The van der Waals surface area contributed by atoms with Gasteiger partial charge in [0.2, 0.25) is 11.8 Å². The first kappa shape index (κ1) is 37.1. The molecule has 0 bridgehead atoms. The van der Waals surface area contributed by atoms with Gasteiger partial charge in [-0.1, -0.05) is 54.6 Å². The summed E-state index contributed by atoms with van der Waals surface area (Å²) in [6, 6.07) is 11.6. The highest BCUT2D eigenvalue weighted by atomic mass is 32.2. The molecule has 3 atom stereocenters. The molecule has 1 aliphatic carbocycles. The van der Waals surface area contributed by atoms with Crippen LogP contribution < -0.4 is 16.4 Å². The number of primary amides is 1. The lowest BCUT2D eigenvalue weighted by molar-refractivity contribution is -0.162. The second kappa shape index (κ2) is 14.2. The van der Waals surface area contributed by atoms with Crippen molar-refractivity contribution in [3.63, 3.8) is 0 Å². The molecule has 1 saturated carbocycles. The minimum Gasteiger partial charge on any atom is -0.369 e. The van der Waals surface area contributed by atoms with Gasteiger partial charge in [-0.25, -0.2) is 17.8 Å². The molecule has 5 rings (SSSR count). The van der Waals surface area contributed by atoms with Crippen LogP contribution in [-0.2, 0) is 29.8 Å². The highest BCUT2D eigenvalue weighted by Crippen LogP contribution is 2.48. The van der Waals surface area contributed by atoms with Crippen LogP contribution in [-0.4, -0.2) is 72.3 Å². The molecule has 1 aromatic heterocycles. The number of carbonyl (C=O) groups excluding carboxylic acids is 3. The standard InChI is InChI=1S/C35H39F4N5O5S/c1-33(2,36)20-27(31(46)43-26-6-5-19-44(21-28(26)45)50(48,49)29-7-3-4-18-41-29)42-30(35(37,38)39)24-10-8-22(9-11-24)23-12-14-25(15-13-23)34(16-17-34)32(40)47/h3-4,7-15,18,26-27,30,42H,5-6,16-17,19-21H2,1-2H3,(H2,40,47)(H,43,46)/t26?,27-,30-/m0/s1. The van der Waals surface area contributed by atoms with Crippen LogP contribution in [0.1, 0.15) is 63.1 Å². The molecule has 10 nitrogen and oxygen atoms in total. The molecule has 1 saturated heterocycles. The van der Waals surface area contributed by atoms with E-state index in [1.165, 1.54) is 48.7 Å². The Bertz CT molecular complexity index is 1810. The molecule has 2 fully saturated rings. The molecular weight excluding hydrogens is 678 g/mol. The summed E-state index contributed by atoms with van der Waals surface area (Å²) >= 11 is 0. The van der Waals surface area contributed by atoms with Gasteiger partial charge in [0.05, 0.1) is 24.0 Å². The first-order chi connectivity index (χ1) is 23.4. The van der Waals surface area contributed by atoms with Crippen molar-refractivity contribution in [2.45, 2.75) is 86.4 Å². The van der Waals surface area contributed by atoms with E-state index in [-0.39, 0.29) is 30.0 Å².